The molecule has 8 heteroatoms. The normalized spacial score (nSPS) is 11.8. The average Bonchev–Trinajstić information content (AvgIpc) is 3.19. The number of aryl methyl sites for hydroxylation is 1. The van der Waals surface area contributed by atoms with E-state index in [-0.39, 0.29) is 5.82 Å². The Balaban J connectivity index is 1.49. The maximum absolute atomic E-state index is 13.6. The van der Waals surface area contributed by atoms with E-state index in [1.54, 1.807) is 6.07 Å². The molecular weight excluding hydrogens is 351 g/mol. The van der Waals surface area contributed by atoms with Crippen LogP contribution in [0.5, 0.6) is 0 Å². The number of hydrogen-bond donors (Lipinski definition) is 1. The molecule has 0 fully saturated rings. The number of imidazole rings is 1. The van der Waals surface area contributed by atoms with E-state index in [0.29, 0.717) is 22.1 Å². The Hall–Kier alpha value is -3.00. The molecule has 5 aromatic rings. The van der Waals surface area contributed by atoms with Gasteiger partial charge in [0, 0.05) is 12.4 Å². The SMILES string of the molecule is Cn1c2ccc(F)cc2c2nnc(SCc3nc4ccccc4[nH]3)nc21. The molecule has 0 aliphatic heterocycles. The molecule has 0 radical (unpaired) electrons. The van der Waals surface area contributed by atoms with Crippen molar-refractivity contribution < 1.29 is 4.39 Å². The topological polar surface area (TPSA) is 72.3 Å². The highest BCUT2D eigenvalue weighted by molar-refractivity contribution is 7.98. The third-order valence-corrected chi connectivity index (χ3v) is 5.17. The molecule has 3 heterocycles. The van der Waals surface area contributed by atoms with E-state index < -0.39 is 0 Å². The van der Waals surface area contributed by atoms with E-state index in [1.807, 2.05) is 35.9 Å². The highest BCUT2D eigenvalue weighted by Crippen LogP contribution is 2.27. The molecular formula is C18H13FN6S. The van der Waals surface area contributed by atoms with E-state index in [4.69, 9.17) is 0 Å². The van der Waals surface area contributed by atoms with Crippen molar-refractivity contribution in [1.82, 2.24) is 29.7 Å². The van der Waals surface area contributed by atoms with Gasteiger partial charge >= 0.3 is 0 Å². The second-order valence-electron chi connectivity index (χ2n) is 5.98. The first kappa shape index (κ1) is 15.3. The monoisotopic (exact) mass is 364 g/mol. The van der Waals surface area contributed by atoms with Gasteiger partial charge in [-0.2, -0.15) is 0 Å². The van der Waals surface area contributed by atoms with Gasteiger partial charge in [-0.25, -0.2) is 14.4 Å². The zero-order valence-electron chi connectivity index (χ0n) is 13.8. The van der Waals surface area contributed by atoms with Crippen molar-refractivity contribution in [3.8, 4) is 0 Å². The molecule has 5 rings (SSSR count). The summed E-state index contributed by atoms with van der Waals surface area (Å²) in [5, 5.41) is 9.75. The molecule has 0 unspecified atom stereocenters. The molecule has 1 N–H and O–H groups in total. The first-order chi connectivity index (χ1) is 12.7. The highest BCUT2D eigenvalue weighted by Gasteiger charge is 2.14. The van der Waals surface area contributed by atoms with Crippen LogP contribution in [0, 0.1) is 5.82 Å². The molecule has 2 aromatic carbocycles. The number of aromatic nitrogens is 6. The van der Waals surface area contributed by atoms with Crippen molar-refractivity contribution >= 4 is 44.9 Å². The summed E-state index contributed by atoms with van der Waals surface area (Å²) in [7, 11) is 1.89. The Kier molecular flexibility index (Phi) is 3.39. The van der Waals surface area contributed by atoms with Crippen molar-refractivity contribution in [2.24, 2.45) is 7.05 Å². The smallest absolute Gasteiger partial charge is 0.211 e. The third kappa shape index (κ3) is 2.41. The van der Waals surface area contributed by atoms with E-state index in [1.165, 1.54) is 23.9 Å². The van der Waals surface area contributed by atoms with E-state index in [2.05, 4.69) is 25.1 Å². The molecule has 0 saturated carbocycles. The van der Waals surface area contributed by atoms with E-state index in [0.717, 1.165) is 27.8 Å². The van der Waals surface area contributed by atoms with Crippen molar-refractivity contribution in [3.63, 3.8) is 0 Å². The van der Waals surface area contributed by atoms with Gasteiger partial charge in [-0.15, -0.1) is 10.2 Å². The number of H-pyrrole nitrogens is 1. The van der Waals surface area contributed by atoms with Gasteiger partial charge in [-0.3, -0.25) is 0 Å². The predicted molar refractivity (Wildman–Crippen MR) is 99.4 cm³/mol. The summed E-state index contributed by atoms with van der Waals surface area (Å²) in [4.78, 5) is 12.4. The molecule has 0 aliphatic rings. The minimum Gasteiger partial charge on any atom is -0.341 e. The Labute approximate surface area is 151 Å². The van der Waals surface area contributed by atoms with Crippen LogP contribution in [0.3, 0.4) is 0 Å². The number of nitrogens with zero attached hydrogens (tertiary/aromatic N) is 5. The van der Waals surface area contributed by atoms with Gasteiger partial charge in [0.25, 0.3) is 0 Å². The fraction of sp³-hybridized carbons (Fsp3) is 0.111. The summed E-state index contributed by atoms with van der Waals surface area (Å²) in [6.07, 6.45) is 0. The first-order valence-corrected chi connectivity index (χ1v) is 9.02. The van der Waals surface area contributed by atoms with Crippen molar-refractivity contribution in [1.29, 1.82) is 0 Å². The van der Waals surface area contributed by atoms with E-state index in [9.17, 15) is 4.39 Å². The number of thioether (sulfide) groups is 1. The lowest BCUT2D eigenvalue weighted by atomic mass is 10.2. The van der Waals surface area contributed by atoms with Crippen LogP contribution in [0.2, 0.25) is 0 Å². The largest absolute Gasteiger partial charge is 0.341 e. The second-order valence-corrected chi connectivity index (χ2v) is 6.92. The standard InChI is InChI=1S/C18H13FN6S/c1-25-14-7-6-10(19)8-11(14)16-17(25)22-18(24-23-16)26-9-15-20-12-4-2-3-5-13(12)21-15/h2-8H,9H2,1H3,(H,20,21). The molecule has 0 bridgehead atoms. The molecule has 0 aliphatic carbocycles. The number of rotatable bonds is 3. The maximum atomic E-state index is 13.6. The summed E-state index contributed by atoms with van der Waals surface area (Å²) < 4.78 is 15.5. The third-order valence-electron chi connectivity index (χ3n) is 4.32. The minimum absolute atomic E-state index is 0.296. The molecule has 0 atom stereocenters. The van der Waals surface area contributed by atoms with Gasteiger partial charge in [0.05, 0.1) is 22.3 Å². The van der Waals surface area contributed by atoms with Crippen LogP contribution in [0.4, 0.5) is 4.39 Å². The van der Waals surface area contributed by atoms with Gasteiger partial charge in [-0.05, 0) is 30.3 Å². The lowest BCUT2D eigenvalue weighted by Crippen LogP contribution is -1.96. The summed E-state index contributed by atoms with van der Waals surface area (Å²) >= 11 is 1.46. The molecule has 0 amide bonds. The number of benzene rings is 2. The van der Waals surface area contributed by atoms with Crippen LogP contribution in [-0.2, 0) is 12.8 Å². The molecule has 0 saturated heterocycles. The number of para-hydroxylation sites is 2. The molecule has 0 spiro atoms. The summed E-state index contributed by atoms with van der Waals surface area (Å²) in [5.41, 5.74) is 4.12. The molecule has 128 valence electrons. The highest BCUT2D eigenvalue weighted by atomic mass is 32.2. The van der Waals surface area contributed by atoms with E-state index >= 15 is 0 Å². The first-order valence-electron chi connectivity index (χ1n) is 8.04. The van der Waals surface area contributed by atoms with Crippen molar-refractivity contribution in [2.75, 3.05) is 0 Å². The molecule has 3 aromatic heterocycles. The average molecular weight is 364 g/mol. The Morgan fingerprint density at radius 3 is 2.88 bits per heavy atom. The summed E-state index contributed by atoms with van der Waals surface area (Å²) in [6, 6.07) is 12.5. The van der Waals surface area contributed by atoms with Crippen LogP contribution in [0.15, 0.2) is 47.6 Å². The molecule has 26 heavy (non-hydrogen) atoms. The van der Waals surface area contributed by atoms with Crippen LogP contribution in [0.1, 0.15) is 5.82 Å². The van der Waals surface area contributed by atoms with Crippen LogP contribution >= 0.6 is 11.8 Å². The van der Waals surface area contributed by atoms with Gasteiger partial charge in [0.15, 0.2) is 5.65 Å². The zero-order valence-corrected chi connectivity index (χ0v) is 14.6. The zero-order chi connectivity index (χ0) is 17.7. The Bertz CT molecular complexity index is 1240. The minimum atomic E-state index is -0.296. The predicted octanol–water partition coefficient (Wildman–Crippen LogP) is 3.82. The number of halogens is 1. The number of nitrogens with one attached hydrogen (secondary N) is 1. The van der Waals surface area contributed by atoms with Crippen LogP contribution in [0.25, 0.3) is 33.1 Å². The Morgan fingerprint density at radius 1 is 1.12 bits per heavy atom. The van der Waals surface area contributed by atoms with Gasteiger partial charge < -0.3 is 9.55 Å². The number of hydrogen-bond acceptors (Lipinski definition) is 5. The quantitative estimate of drug-likeness (QED) is 0.493. The van der Waals surface area contributed by atoms with Crippen molar-refractivity contribution in [2.45, 2.75) is 10.9 Å². The fourth-order valence-electron chi connectivity index (χ4n) is 3.08. The van der Waals surface area contributed by atoms with Crippen LogP contribution in [-0.4, -0.2) is 29.7 Å². The summed E-state index contributed by atoms with van der Waals surface area (Å²) in [5.74, 6) is 1.18. The fourth-order valence-corrected chi connectivity index (χ4v) is 3.74. The number of aromatic amines is 1. The van der Waals surface area contributed by atoms with Gasteiger partial charge in [0.1, 0.15) is 17.2 Å². The summed E-state index contributed by atoms with van der Waals surface area (Å²) in [6.45, 7) is 0. The molecule has 6 nitrogen and oxygen atoms in total. The Morgan fingerprint density at radius 2 is 2.00 bits per heavy atom. The number of fused-ring (bicyclic) bond motifs is 4. The van der Waals surface area contributed by atoms with Crippen LogP contribution < -0.4 is 0 Å². The lowest BCUT2D eigenvalue weighted by molar-refractivity contribution is 0.629. The lowest BCUT2D eigenvalue weighted by Gasteiger charge is -1.99. The van der Waals surface area contributed by atoms with Crippen molar-refractivity contribution in [3.05, 3.63) is 54.1 Å². The van der Waals surface area contributed by atoms with Gasteiger partial charge in [0.2, 0.25) is 5.16 Å². The van der Waals surface area contributed by atoms with Gasteiger partial charge in [-0.1, -0.05) is 23.9 Å². The maximum Gasteiger partial charge on any atom is 0.211 e. The second kappa shape index (κ2) is 5.77.